The van der Waals surface area contributed by atoms with Gasteiger partial charge < -0.3 is 15.2 Å². The molecule has 0 aliphatic rings. The number of anilines is 1. The second kappa shape index (κ2) is 12.0. The molecule has 0 radical (unpaired) electrons. The van der Waals surface area contributed by atoms with E-state index in [-0.39, 0.29) is 67.8 Å². The van der Waals surface area contributed by atoms with E-state index < -0.39 is 26.7 Å². The normalized spacial score (nSPS) is 11.4. The molecule has 0 atom stereocenters. The van der Waals surface area contributed by atoms with Gasteiger partial charge in [0.1, 0.15) is 16.3 Å². The van der Waals surface area contributed by atoms with Gasteiger partial charge in [-0.2, -0.15) is 13.5 Å². The second-order valence-electron chi connectivity index (χ2n) is 7.84. The SMILES string of the molecule is COc1ccc(Cl)c(NC(=O)c2cc3ccccc3c(N=Nc3ccc(C)c(S(=O)(=O)O)c3Cl)c2[O-])c1.[Na+]. The number of fused-ring (bicyclic) bond motifs is 1. The number of carbonyl (C=O) groups is 1. The van der Waals surface area contributed by atoms with Crippen molar-refractivity contribution >= 4 is 67.1 Å². The minimum atomic E-state index is -4.64. The Hall–Kier alpha value is -2.70. The number of carbonyl (C=O) groups excluding carboxylic acids is 1. The summed E-state index contributed by atoms with van der Waals surface area (Å²) in [6.07, 6.45) is 0. The van der Waals surface area contributed by atoms with Crippen molar-refractivity contribution in [3.05, 3.63) is 81.8 Å². The van der Waals surface area contributed by atoms with Crippen LogP contribution in [0.15, 0.2) is 75.8 Å². The number of halogens is 2. The number of nitrogens with zero attached hydrogens (tertiary/aromatic N) is 2. The molecule has 4 aromatic carbocycles. The summed E-state index contributed by atoms with van der Waals surface area (Å²) in [6.45, 7) is 1.45. The van der Waals surface area contributed by atoms with Crippen molar-refractivity contribution in [2.75, 3.05) is 12.4 Å². The summed E-state index contributed by atoms with van der Waals surface area (Å²) in [5, 5.41) is 24.8. The van der Waals surface area contributed by atoms with E-state index >= 15 is 0 Å². The molecule has 0 saturated heterocycles. The minimum absolute atomic E-state index is 0. The quantitative estimate of drug-likeness (QED) is 0.203. The first kappa shape index (κ1) is 29.9. The van der Waals surface area contributed by atoms with Crippen LogP contribution in [0.5, 0.6) is 11.5 Å². The Bertz CT molecular complexity index is 1700. The van der Waals surface area contributed by atoms with Gasteiger partial charge in [0.05, 0.1) is 28.5 Å². The molecule has 0 unspecified atom stereocenters. The van der Waals surface area contributed by atoms with Crippen LogP contribution in [0, 0.1) is 6.92 Å². The van der Waals surface area contributed by atoms with E-state index in [0.29, 0.717) is 16.5 Å². The van der Waals surface area contributed by atoms with Crippen LogP contribution in [0.3, 0.4) is 0 Å². The number of benzene rings is 4. The molecule has 13 heteroatoms. The van der Waals surface area contributed by atoms with Crippen molar-refractivity contribution < 1.29 is 57.2 Å². The van der Waals surface area contributed by atoms with Crippen LogP contribution in [0.1, 0.15) is 15.9 Å². The van der Waals surface area contributed by atoms with Gasteiger partial charge in [-0.15, -0.1) is 5.11 Å². The summed E-state index contributed by atoms with van der Waals surface area (Å²) >= 11 is 12.4. The van der Waals surface area contributed by atoms with E-state index in [0.717, 1.165) is 0 Å². The van der Waals surface area contributed by atoms with Crippen LogP contribution < -0.4 is 44.7 Å². The Morgan fingerprint density at radius 2 is 1.76 bits per heavy atom. The summed E-state index contributed by atoms with van der Waals surface area (Å²) in [7, 11) is -3.17. The molecule has 0 spiro atoms. The number of hydrogen-bond donors (Lipinski definition) is 2. The molecule has 38 heavy (non-hydrogen) atoms. The van der Waals surface area contributed by atoms with Gasteiger partial charge in [0.2, 0.25) is 0 Å². The molecule has 9 nitrogen and oxygen atoms in total. The van der Waals surface area contributed by atoms with Crippen LogP contribution in [0.4, 0.5) is 17.1 Å². The first-order valence-corrected chi connectivity index (χ1v) is 12.8. The largest absolute Gasteiger partial charge is 1.00 e. The van der Waals surface area contributed by atoms with E-state index in [4.69, 9.17) is 27.9 Å². The number of rotatable bonds is 6. The van der Waals surface area contributed by atoms with Gasteiger partial charge in [0.15, 0.2) is 0 Å². The number of hydrogen-bond acceptors (Lipinski definition) is 7. The summed E-state index contributed by atoms with van der Waals surface area (Å²) in [6, 6.07) is 15.6. The Morgan fingerprint density at radius 3 is 2.45 bits per heavy atom. The molecule has 0 aromatic heterocycles. The Labute approximate surface area is 250 Å². The van der Waals surface area contributed by atoms with Gasteiger partial charge in [-0.25, -0.2) is 0 Å². The summed E-state index contributed by atoms with van der Waals surface area (Å²) in [5.41, 5.74) is -0.0335. The molecule has 4 rings (SSSR count). The third-order valence-electron chi connectivity index (χ3n) is 5.43. The van der Waals surface area contributed by atoms with Crippen molar-refractivity contribution in [3.63, 3.8) is 0 Å². The van der Waals surface area contributed by atoms with E-state index in [1.54, 1.807) is 36.4 Å². The van der Waals surface area contributed by atoms with Gasteiger partial charge in [0, 0.05) is 17.0 Å². The summed E-state index contributed by atoms with van der Waals surface area (Å²) < 4.78 is 38.2. The van der Waals surface area contributed by atoms with Gasteiger partial charge in [-0.1, -0.05) is 59.3 Å². The van der Waals surface area contributed by atoms with Gasteiger partial charge >= 0.3 is 29.6 Å². The van der Waals surface area contributed by atoms with E-state index in [1.807, 2.05) is 0 Å². The van der Waals surface area contributed by atoms with Crippen LogP contribution >= 0.6 is 23.2 Å². The zero-order valence-corrected chi connectivity index (χ0v) is 24.6. The maximum atomic E-state index is 13.4. The molecule has 0 bridgehead atoms. The van der Waals surface area contributed by atoms with Crippen LogP contribution in [0.2, 0.25) is 10.0 Å². The third kappa shape index (κ3) is 6.13. The number of azo groups is 1. The molecule has 1 amide bonds. The average Bonchev–Trinajstić information content (AvgIpc) is 2.84. The molecular weight excluding hydrogens is 564 g/mol. The van der Waals surface area contributed by atoms with Crippen molar-refractivity contribution in [3.8, 4) is 11.5 Å². The Balaban J connectivity index is 0.00000400. The number of ether oxygens (including phenoxy) is 1. The van der Waals surface area contributed by atoms with Crippen molar-refractivity contribution in [2.24, 2.45) is 10.2 Å². The second-order valence-corrected chi connectivity index (χ2v) is 9.99. The molecular formula is C25H18Cl2N3NaO6S. The smallest absolute Gasteiger partial charge is 0.870 e. The van der Waals surface area contributed by atoms with E-state index in [9.17, 15) is 22.9 Å². The first-order chi connectivity index (χ1) is 17.5. The molecule has 0 aliphatic heterocycles. The fraction of sp³-hybridized carbons (Fsp3) is 0.0800. The predicted molar refractivity (Wildman–Crippen MR) is 140 cm³/mol. The molecule has 0 saturated carbocycles. The van der Waals surface area contributed by atoms with Crippen molar-refractivity contribution in [2.45, 2.75) is 11.8 Å². The average molecular weight is 582 g/mol. The fourth-order valence-electron chi connectivity index (χ4n) is 3.63. The molecule has 4 aromatic rings. The van der Waals surface area contributed by atoms with E-state index in [1.165, 1.54) is 38.3 Å². The molecule has 0 heterocycles. The number of amides is 1. The van der Waals surface area contributed by atoms with Crippen LogP contribution in [-0.2, 0) is 10.1 Å². The van der Waals surface area contributed by atoms with E-state index in [2.05, 4.69) is 15.5 Å². The van der Waals surface area contributed by atoms with Gasteiger partial charge in [-0.05, 0) is 42.1 Å². The molecule has 2 N–H and O–H groups in total. The maximum absolute atomic E-state index is 13.4. The first-order valence-electron chi connectivity index (χ1n) is 10.6. The number of aryl methyl sites for hydroxylation is 1. The zero-order chi connectivity index (χ0) is 26.9. The predicted octanol–water partition coefficient (Wildman–Crippen LogP) is 3.46. The zero-order valence-electron chi connectivity index (χ0n) is 20.3. The molecule has 0 aliphatic carbocycles. The van der Waals surface area contributed by atoms with Gasteiger partial charge in [0.25, 0.3) is 16.0 Å². The monoisotopic (exact) mass is 581 g/mol. The summed E-state index contributed by atoms with van der Waals surface area (Å²) in [5.74, 6) is -1.00. The topological polar surface area (TPSA) is 140 Å². The maximum Gasteiger partial charge on any atom is 1.00 e. The Morgan fingerprint density at radius 1 is 1.05 bits per heavy atom. The number of nitrogens with one attached hydrogen (secondary N) is 1. The van der Waals surface area contributed by atoms with Gasteiger partial charge in [-0.3, -0.25) is 9.35 Å². The molecule has 190 valence electrons. The summed E-state index contributed by atoms with van der Waals surface area (Å²) in [4.78, 5) is 12.6. The number of methoxy groups -OCH3 is 1. The third-order valence-corrected chi connectivity index (χ3v) is 7.30. The fourth-order valence-corrected chi connectivity index (χ4v) is 5.15. The Kier molecular flexibility index (Phi) is 9.43. The minimum Gasteiger partial charge on any atom is -0.870 e. The van der Waals surface area contributed by atoms with Crippen molar-refractivity contribution in [1.82, 2.24) is 0 Å². The van der Waals surface area contributed by atoms with Crippen LogP contribution in [0.25, 0.3) is 10.8 Å². The molecule has 0 fully saturated rings. The standard InChI is InChI=1S/C25H19Cl2N3O6S.Na/c1-13-7-10-19(21(27)24(13)37(33,34)35)29-30-22-16-6-4-3-5-14(16)11-17(23(22)31)25(32)28-20-12-15(36-2)8-9-18(20)26;/h3-12,31H,1-2H3,(H,28,32)(H,33,34,35);/q;+1/p-1. The van der Waals surface area contributed by atoms with Crippen molar-refractivity contribution in [1.29, 1.82) is 0 Å². The van der Waals surface area contributed by atoms with Crippen LogP contribution in [-0.4, -0.2) is 26.0 Å².